The molecule has 0 unspecified atom stereocenters. The Labute approximate surface area is 153 Å². The number of fused-ring (bicyclic) bond motifs is 1. The highest BCUT2D eigenvalue weighted by Gasteiger charge is 2.73. The Morgan fingerprint density at radius 1 is 1.30 bits per heavy atom. The number of esters is 1. The second kappa shape index (κ2) is 6.64. The lowest BCUT2D eigenvalue weighted by atomic mass is 9.97. The number of halogens is 7. The highest BCUT2D eigenvalue weighted by Crippen LogP contribution is 2.55. The summed E-state index contributed by atoms with van der Waals surface area (Å²) in [5.74, 6) is -13.2. The van der Waals surface area contributed by atoms with Gasteiger partial charge in [0.15, 0.2) is 0 Å². The second-order valence-corrected chi connectivity index (χ2v) is 6.01. The lowest BCUT2D eigenvalue weighted by Crippen LogP contribution is -2.50. The van der Waals surface area contributed by atoms with Gasteiger partial charge in [0.1, 0.15) is 11.8 Å². The highest BCUT2D eigenvalue weighted by atomic mass is 35.5. The molecule has 2 aromatic heterocycles. The van der Waals surface area contributed by atoms with E-state index in [1.54, 1.807) is 0 Å². The minimum Gasteiger partial charge on any atom is -0.462 e. The SMILES string of the molecule is CCOC(=O)c1c(C(F)(F)C(F)(F)C(F)(F)Cl)c(C#N)n2ccc(C)cc12. The molecular weight excluding hydrogens is 402 g/mol. The van der Waals surface area contributed by atoms with Gasteiger partial charge in [0.05, 0.1) is 23.3 Å². The van der Waals surface area contributed by atoms with Crippen molar-refractivity contribution in [3.05, 3.63) is 40.7 Å². The molecule has 27 heavy (non-hydrogen) atoms. The van der Waals surface area contributed by atoms with E-state index in [0.717, 1.165) is 16.7 Å². The van der Waals surface area contributed by atoms with Crippen molar-refractivity contribution in [2.24, 2.45) is 0 Å². The first-order valence-electron chi connectivity index (χ1n) is 7.36. The van der Waals surface area contributed by atoms with Crippen LogP contribution in [0.25, 0.3) is 5.52 Å². The van der Waals surface area contributed by atoms with Crippen LogP contribution in [0.15, 0.2) is 18.3 Å². The summed E-state index contributed by atoms with van der Waals surface area (Å²) in [5, 5.41) is 3.57. The van der Waals surface area contributed by atoms with Crippen LogP contribution in [-0.2, 0) is 10.7 Å². The number of aromatic nitrogens is 1. The number of rotatable bonds is 5. The van der Waals surface area contributed by atoms with Crippen LogP contribution in [0.5, 0.6) is 0 Å². The quantitative estimate of drug-likeness (QED) is 0.400. The maximum atomic E-state index is 14.6. The number of hydrogen-bond donors (Lipinski definition) is 0. The van der Waals surface area contributed by atoms with Crippen molar-refractivity contribution in [3.63, 3.8) is 0 Å². The van der Waals surface area contributed by atoms with Crippen LogP contribution in [0.3, 0.4) is 0 Å². The van der Waals surface area contributed by atoms with E-state index in [2.05, 4.69) is 16.3 Å². The Bertz CT molecular complexity index is 943. The summed E-state index contributed by atoms with van der Waals surface area (Å²) in [6.45, 7) is 2.52. The second-order valence-electron chi connectivity index (χ2n) is 5.54. The van der Waals surface area contributed by atoms with E-state index < -0.39 is 40.0 Å². The smallest absolute Gasteiger partial charge is 0.390 e. The normalized spacial score (nSPS) is 12.9. The first-order chi connectivity index (χ1) is 12.3. The zero-order valence-corrected chi connectivity index (χ0v) is 14.6. The maximum absolute atomic E-state index is 14.6. The van der Waals surface area contributed by atoms with Crippen LogP contribution in [0, 0.1) is 18.3 Å². The molecule has 0 aliphatic carbocycles. The molecule has 0 aliphatic rings. The predicted molar refractivity (Wildman–Crippen MR) is 82.4 cm³/mol. The van der Waals surface area contributed by atoms with Gasteiger partial charge in [0.2, 0.25) is 0 Å². The molecule has 0 saturated carbocycles. The third kappa shape index (κ3) is 3.10. The zero-order valence-electron chi connectivity index (χ0n) is 13.8. The average Bonchev–Trinajstić information content (AvgIpc) is 2.87. The van der Waals surface area contributed by atoms with Gasteiger partial charge in [0, 0.05) is 6.20 Å². The summed E-state index contributed by atoms with van der Waals surface area (Å²) >= 11 is 4.20. The monoisotopic (exact) mass is 412 g/mol. The van der Waals surface area contributed by atoms with Gasteiger partial charge in [-0.25, -0.2) is 4.79 Å². The molecule has 0 aliphatic heterocycles. The van der Waals surface area contributed by atoms with Crippen molar-refractivity contribution >= 4 is 23.1 Å². The van der Waals surface area contributed by atoms with Gasteiger partial charge in [-0.1, -0.05) is 0 Å². The van der Waals surface area contributed by atoms with Crippen molar-refractivity contribution in [2.75, 3.05) is 6.61 Å². The molecular formula is C16H11ClF6N2O2. The Morgan fingerprint density at radius 3 is 2.37 bits per heavy atom. The summed E-state index contributed by atoms with van der Waals surface area (Å²) in [6.07, 6.45) is 1.07. The highest BCUT2D eigenvalue weighted by molar-refractivity contribution is 6.22. The summed E-state index contributed by atoms with van der Waals surface area (Å²) in [7, 11) is 0. The fourth-order valence-electron chi connectivity index (χ4n) is 2.52. The van der Waals surface area contributed by atoms with Gasteiger partial charge >= 0.3 is 23.2 Å². The third-order valence-electron chi connectivity index (χ3n) is 3.74. The molecule has 11 heteroatoms. The molecule has 0 radical (unpaired) electrons. The van der Waals surface area contributed by atoms with E-state index in [9.17, 15) is 36.4 Å². The molecule has 0 aromatic carbocycles. The maximum Gasteiger partial charge on any atom is 0.390 e. The van der Waals surface area contributed by atoms with E-state index in [1.807, 2.05) is 0 Å². The number of nitriles is 1. The van der Waals surface area contributed by atoms with E-state index in [0.29, 0.717) is 5.56 Å². The molecule has 0 atom stereocenters. The molecule has 0 fully saturated rings. The van der Waals surface area contributed by atoms with Crippen LogP contribution < -0.4 is 0 Å². The molecule has 0 bridgehead atoms. The Hall–Kier alpha value is -2.41. The van der Waals surface area contributed by atoms with Crippen LogP contribution in [0.1, 0.15) is 34.1 Å². The Morgan fingerprint density at radius 2 is 1.89 bits per heavy atom. The molecule has 146 valence electrons. The lowest BCUT2D eigenvalue weighted by molar-refractivity contribution is -0.286. The fraction of sp³-hybridized carbons (Fsp3) is 0.375. The lowest BCUT2D eigenvalue weighted by Gasteiger charge is -2.29. The van der Waals surface area contributed by atoms with E-state index in [-0.39, 0.29) is 12.1 Å². The topological polar surface area (TPSA) is 54.5 Å². The van der Waals surface area contributed by atoms with E-state index >= 15 is 0 Å². The number of carbonyl (C=O) groups is 1. The molecule has 2 rings (SSSR count). The Balaban J connectivity index is 3.00. The molecule has 4 nitrogen and oxygen atoms in total. The minimum atomic E-state index is -6.10. The average molecular weight is 413 g/mol. The summed E-state index contributed by atoms with van der Waals surface area (Å²) in [4.78, 5) is 12.2. The standard InChI is InChI=1S/C16H11ClF6N2O2/c1-3-27-13(26)11-9-6-8(2)4-5-25(9)10(7-24)12(11)14(18,19)15(20,21)16(17,22)23/h4-6H,3H2,1-2H3. The van der Waals surface area contributed by atoms with Crippen molar-refractivity contribution in [3.8, 4) is 6.07 Å². The van der Waals surface area contributed by atoms with Crippen molar-refractivity contribution in [2.45, 2.75) is 31.1 Å². The van der Waals surface area contributed by atoms with Gasteiger partial charge in [0.25, 0.3) is 0 Å². The van der Waals surface area contributed by atoms with Crippen molar-refractivity contribution < 1.29 is 35.9 Å². The summed E-state index contributed by atoms with van der Waals surface area (Å²) in [6, 6.07) is 3.76. The minimum absolute atomic E-state index is 0.309. The predicted octanol–water partition coefficient (Wildman–Crippen LogP) is 4.85. The number of carbonyl (C=O) groups excluding carboxylic acids is 1. The van der Waals surface area contributed by atoms with Crippen molar-refractivity contribution in [1.82, 2.24) is 4.40 Å². The molecule has 0 saturated heterocycles. The fourth-order valence-corrected chi connectivity index (χ4v) is 2.64. The Kier molecular flexibility index (Phi) is 5.14. The van der Waals surface area contributed by atoms with Gasteiger partial charge in [-0.2, -0.15) is 31.6 Å². The first-order valence-corrected chi connectivity index (χ1v) is 7.73. The summed E-state index contributed by atoms with van der Waals surface area (Å²) in [5.41, 5.74) is -4.03. The molecule has 0 amide bonds. The number of pyridine rings is 1. The van der Waals surface area contributed by atoms with Gasteiger partial charge < -0.3 is 9.14 Å². The van der Waals surface area contributed by atoms with E-state index in [1.165, 1.54) is 26.0 Å². The summed E-state index contributed by atoms with van der Waals surface area (Å²) < 4.78 is 88.3. The van der Waals surface area contributed by atoms with Crippen molar-refractivity contribution in [1.29, 1.82) is 5.26 Å². The van der Waals surface area contributed by atoms with Crippen LogP contribution in [0.2, 0.25) is 0 Å². The number of hydrogen-bond acceptors (Lipinski definition) is 3. The molecule has 0 N–H and O–H groups in total. The molecule has 0 spiro atoms. The number of ether oxygens (including phenoxy) is 1. The molecule has 2 heterocycles. The van der Waals surface area contributed by atoms with Crippen LogP contribution in [0.4, 0.5) is 26.3 Å². The van der Waals surface area contributed by atoms with Gasteiger partial charge in [-0.15, -0.1) is 0 Å². The number of aryl methyl sites for hydroxylation is 1. The first kappa shape index (κ1) is 20.9. The van der Waals surface area contributed by atoms with E-state index in [4.69, 9.17) is 0 Å². The number of alkyl halides is 7. The van der Waals surface area contributed by atoms with Crippen LogP contribution in [-0.4, -0.2) is 28.3 Å². The van der Waals surface area contributed by atoms with Gasteiger partial charge in [-0.05, 0) is 43.1 Å². The van der Waals surface area contributed by atoms with Crippen LogP contribution >= 0.6 is 11.6 Å². The third-order valence-corrected chi connectivity index (χ3v) is 3.98. The van der Waals surface area contributed by atoms with Gasteiger partial charge in [-0.3, -0.25) is 0 Å². The number of nitrogens with zero attached hydrogens (tertiary/aromatic N) is 2. The largest absolute Gasteiger partial charge is 0.462 e. The molecule has 2 aromatic rings. The zero-order chi connectivity index (χ0) is 20.8.